The average Bonchev–Trinajstić information content (AvgIpc) is 2.30. The number of hydrogen-bond acceptors (Lipinski definition) is 3. The number of nitrogens with zero attached hydrogens (tertiary/aromatic N) is 2. The number of thioether (sulfide) groups is 1. The van der Waals surface area contributed by atoms with Crippen LogP contribution in [0.5, 0.6) is 0 Å². The smallest absolute Gasteiger partial charge is 0.137 e. The Morgan fingerprint density at radius 3 is 2.47 bits per heavy atom. The molecule has 0 aliphatic heterocycles. The van der Waals surface area contributed by atoms with Gasteiger partial charge in [0.05, 0.1) is 6.07 Å². The summed E-state index contributed by atoms with van der Waals surface area (Å²) in [4.78, 5) is 1.86. The molecule has 1 aromatic carbocycles. The predicted molar refractivity (Wildman–Crippen MR) is 78.0 cm³/mol. The van der Waals surface area contributed by atoms with Gasteiger partial charge in [-0.25, -0.2) is 0 Å². The molecular weight excluding hydrogens is 248 g/mol. The Bertz CT molecular complexity index is 423. The number of hydrogen-bond donors (Lipinski definition) is 0. The second kappa shape index (κ2) is 6.04. The maximum absolute atomic E-state index is 9.33. The van der Waals surface area contributed by atoms with Gasteiger partial charge in [0.1, 0.15) is 9.07 Å². The van der Waals surface area contributed by atoms with Crippen LogP contribution in [0.2, 0.25) is 0 Å². The highest BCUT2D eigenvalue weighted by Gasteiger charge is 2.27. The molecule has 4 heteroatoms. The molecule has 0 aliphatic carbocycles. The van der Waals surface area contributed by atoms with Crippen molar-refractivity contribution in [1.82, 2.24) is 4.90 Å². The molecule has 2 nitrogen and oxygen atoms in total. The monoisotopic (exact) mass is 264 g/mol. The molecule has 1 unspecified atom stereocenters. The standard InChI is InChI=1S/C13H16N2S2/c1-13(10-14,17-12(16)15(2)3)9-11-7-5-4-6-8-11/h4-8H,9H2,1-3H3. The summed E-state index contributed by atoms with van der Waals surface area (Å²) in [6.07, 6.45) is 0.697. The third-order valence-corrected chi connectivity index (χ3v) is 4.14. The second-order valence-corrected chi connectivity index (χ2v) is 6.40. The van der Waals surface area contributed by atoms with E-state index in [1.54, 1.807) is 0 Å². The summed E-state index contributed by atoms with van der Waals surface area (Å²) in [5.74, 6) is 0. The Morgan fingerprint density at radius 1 is 1.41 bits per heavy atom. The van der Waals surface area contributed by atoms with Gasteiger partial charge in [-0.3, -0.25) is 0 Å². The summed E-state index contributed by atoms with van der Waals surface area (Å²) >= 11 is 6.69. The Kier molecular flexibility index (Phi) is 4.98. The largest absolute Gasteiger partial charge is 0.364 e. The van der Waals surface area contributed by atoms with E-state index in [4.69, 9.17) is 12.2 Å². The molecule has 0 amide bonds. The summed E-state index contributed by atoms with van der Waals surface area (Å²) < 4.78 is 0.230. The lowest BCUT2D eigenvalue weighted by Gasteiger charge is -2.24. The van der Waals surface area contributed by atoms with Crippen LogP contribution in [-0.2, 0) is 6.42 Å². The Labute approximate surface area is 113 Å². The third kappa shape index (κ3) is 4.37. The van der Waals surface area contributed by atoms with Gasteiger partial charge in [-0.15, -0.1) is 0 Å². The van der Waals surface area contributed by atoms with Crippen molar-refractivity contribution in [3.8, 4) is 6.07 Å². The molecule has 0 aromatic heterocycles. The molecule has 1 rings (SSSR count). The minimum Gasteiger partial charge on any atom is -0.364 e. The van der Waals surface area contributed by atoms with E-state index >= 15 is 0 Å². The molecule has 0 aliphatic rings. The summed E-state index contributed by atoms with van der Waals surface area (Å²) in [5, 5.41) is 9.33. The van der Waals surface area contributed by atoms with Crippen LogP contribution in [0.25, 0.3) is 0 Å². The maximum atomic E-state index is 9.33. The minimum absolute atomic E-state index is 0.511. The van der Waals surface area contributed by atoms with Crippen LogP contribution >= 0.6 is 24.0 Å². The lowest BCUT2D eigenvalue weighted by atomic mass is 10.0. The van der Waals surface area contributed by atoms with Crippen molar-refractivity contribution >= 4 is 28.3 Å². The zero-order chi connectivity index (χ0) is 12.9. The van der Waals surface area contributed by atoms with Crippen molar-refractivity contribution < 1.29 is 0 Å². The van der Waals surface area contributed by atoms with Crippen molar-refractivity contribution in [3.63, 3.8) is 0 Å². The van der Waals surface area contributed by atoms with Gasteiger partial charge in [0.2, 0.25) is 0 Å². The van der Waals surface area contributed by atoms with Crippen molar-refractivity contribution in [2.24, 2.45) is 0 Å². The molecule has 0 spiro atoms. The van der Waals surface area contributed by atoms with Gasteiger partial charge in [0.15, 0.2) is 0 Å². The third-order valence-electron chi connectivity index (χ3n) is 2.30. The zero-order valence-corrected chi connectivity index (χ0v) is 11.9. The summed E-state index contributed by atoms with van der Waals surface area (Å²) in [6, 6.07) is 12.4. The van der Waals surface area contributed by atoms with E-state index < -0.39 is 4.75 Å². The number of nitriles is 1. The SMILES string of the molecule is CN(C)C(=S)SC(C)(C#N)Cc1ccccc1. The van der Waals surface area contributed by atoms with Gasteiger partial charge < -0.3 is 4.90 Å². The predicted octanol–water partition coefficient (Wildman–Crippen LogP) is 3.09. The number of thiocarbonyl (C=S) groups is 1. The Morgan fingerprint density at radius 2 is 2.00 bits per heavy atom. The number of benzene rings is 1. The fraction of sp³-hybridized carbons (Fsp3) is 0.385. The molecule has 90 valence electrons. The lowest BCUT2D eigenvalue weighted by Crippen LogP contribution is -2.28. The highest BCUT2D eigenvalue weighted by atomic mass is 32.2. The highest BCUT2D eigenvalue weighted by Crippen LogP contribution is 2.30. The quantitative estimate of drug-likeness (QED) is 0.784. The van der Waals surface area contributed by atoms with Crippen LogP contribution in [0.1, 0.15) is 12.5 Å². The second-order valence-electron chi connectivity index (χ2n) is 4.27. The van der Waals surface area contributed by atoms with E-state index in [1.165, 1.54) is 11.8 Å². The molecule has 17 heavy (non-hydrogen) atoms. The Hall–Kier alpha value is -1.05. The molecule has 0 saturated heterocycles. The maximum Gasteiger partial charge on any atom is 0.137 e. The molecule has 0 saturated carbocycles. The van der Waals surface area contributed by atoms with Crippen molar-refractivity contribution in [3.05, 3.63) is 35.9 Å². The fourth-order valence-electron chi connectivity index (χ4n) is 1.37. The van der Waals surface area contributed by atoms with Gasteiger partial charge >= 0.3 is 0 Å². The molecule has 0 fully saturated rings. The first-order valence-corrected chi connectivity index (χ1v) is 6.55. The topological polar surface area (TPSA) is 27.0 Å². The molecule has 1 aromatic rings. The minimum atomic E-state index is -0.511. The fourth-order valence-corrected chi connectivity index (χ4v) is 2.77. The van der Waals surface area contributed by atoms with Crippen molar-refractivity contribution in [2.75, 3.05) is 14.1 Å². The van der Waals surface area contributed by atoms with Crippen LogP contribution in [0.15, 0.2) is 30.3 Å². The van der Waals surface area contributed by atoms with E-state index in [0.717, 1.165) is 9.88 Å². The first-order chi connectivity index (χ1) is 7.97. The van der Waals surface area contributed by atoms with Crippen LogP contribution in [0, 0.1) is 11.3 Å². The Balaban J connectivity index is 2.77. The molecule has 0 bridgehead atoms. The zero-order valence-electron chi connectivity index (χ0n) is 10.3. The highest BCUT2D eigenvalue weighted by molar-refractivity contribution is 8.23. The van der Waals surface area contributed by atoms with Crippen LogP contribution in [0.3, 0.4) is 0 Å². The van der Waals surface area contributed by atoms with Crippen LogP contribution in [-0.4, -0.2) is 28.1 Å². The van der Waals surface area contributed by atoms with Crippen molar-refractivity contribution in [2.45, 2.75) is 18.1 Å². The molecule has 0 radical (unpaired) electrons. The van der Waals surface area contributed by atoms with E-state index in [9.17, 15) is 5.26 Å². The normalized spacial score (nSPS) is 13.5. The van der Waals surface area contributed by atoms with Crippen LogP contribution in [0.4, 0.5) is 0 Å². The van der Waals surface area contributed by atoms with Gasteiger partial charge in [-0.2, -0.15) is 5.26 Å². The molecule has 0 N–H and O–H groups in total. The van der Waals surface area contributed by atoms with Gasteiger partial charge in [0, 0.05) is 20.5 Å². The van der Waals surface area contributed by atoms with Crippen molar-refractivity contribution in [1.29, 1.82) is 5.26 Å². The van der Waals surface area contributed by atoms with E-state index in [1.807, 2.05) is 56.3 Å². The van der Waals surface area contributed by atoms with Gasteiger partial charge in [0.25, 0.3) is 0 Å². The molecule has 0 heterocycles. The summed E-state index contributed by atoms with van der Waals surface area (Å²) in [5.41, 5.74) is 1.16. The summed E-state index contributed by atoms with van der Waals surface area (Å²) in [7, 11) is 3.80. The molecule has 1 atom stereocenters. The van der Waals surface area contributed by atoms with E-state index in [0.29, 0.717) is 6.42 Å². The lowest BCUT2D eigenvalue weighted by molar-refractivity contribution is 0.646. The molecular formula is C13H16N2S2. The first-order valence-electron chi connectivity index (χ1n) is 5.32. The van der Waals surface area contributed by atoms with Gasteiger partial charge in [-0.1, -0.05) is 54.3 Å². The number of rotatable bonds is 3. The van der Waals surface area contributed by atoms with E-state index in [2.05, 4.69) is 6.07 Å². The van der Waals surface area contributed by atoms with Gasteiger partial charge in [-0.05, 0) is 12.5 Å². The van der Waals surface area contributed by atoms with Crippen LogP contribution < -0.4 is 0 Å². The van der Waals surface area contributed by atoms with E-state index in [-0.39, 0.29) is 0 Å². The first kappa shape index (κ1) is 14.0. The average molecular weight is 264 g/mol. The summed E-state index contributed by atoms with van der Waals surface area (Å²) in [6.45, 7) is 1.93.